The first-order valence-electron chi connectivity index (χ1n) is 8.32. The molecule has 0 aliphatic rings. The molecule has 3 N–H and O–H groups in total. The van der Waals surface area contributed by atoms with E-state index >= 15 is 0 Å². The first-order valence-corrected chi connectivity index (χ1v) is 8.72. The maximum Gasteiger partial charge on any atom is 0.416 e. The highest BCUT2D eigenvalue weighted by atomic mass is 32.1. The first kappa shape index (κ1) is 20.8. The molecule has 2 aromatic rings. The van der Waals surface area contributed by atoms with E-state index in [2.05, 4.69) is 10.6 Å². The zero-order valence-electron chi connectivity index (χ0n) is 14.9. The van der Waals surface area contributed by atoms with Crippen LogP contribution in [0.2, 0.25) is 0 Å². The minimum Gasteiger partial charge on any atom is -0.504 e. The average molecular weight is 398 g/mol. The number of rotatable bonds is 6. The smallest absolute Gasteiger partial charge is 0.416 e. The third-order valence-corrected chi connectivity index (χ3v) is 4.31. The number of hydrogen-bond donors (Lipinski definition) is 3. The third kappa shape index (κ3) is 5.75. The molecule has 0 bridgehead atoms. The van der Waals surface area contributed by atoms with Crippen molar-refractivity contribution >= 4 is 17.3 Å². The SMILES string of the molecule is CCC(NC(=S)NCc1ccc(O)c(OC)c1)c1ccc(C(F)(F)F)cc1. The standard InChI is InChI=1S/C19H21F3N2O2S/c1-3-15(13-5-7-14(8-6-13)19(20,21)22)24-18(27)23-11-12-4-9-16(25)17(10-12)26-2/h4-10,15,25H,3,11H2,1-2H3,(H2,23,24,27). The molecule has 0 saturated carbocycles. The number of benzene rings is 2. The molecule has 0 heterocycles. The summed E-state index contributed by atoms with van der Waals surface area (Å²) in [6.45, 7) is 2.33. The molecule has 0 aliphatic carbocycles. The zero-order valence-corrected chi connectivity index (χ0v) is 15.7. The molecule has 1 atom stereocenters. The van der Waals surface area contributed by atoms with Gasteiger partial charge in [0.2, 0.25) is 0 Å². The van der Waals surface area contributed by atoms with Gasteiger partial charge in [-0.25, -0.2) is 0 Å². The second-order valence-electron chi connectivity index (χ2n) is 5.91. The van der Waals surface area contributed by atoms with Gasteiger partial charge in [-0.15, -0.1) is 0 Å². The number of phenols is 1. The van der Waals surface area contributed by atoms with Crippen molar-refractivity contribution in [1.29, 1.82) is 0 Å². The lowest BCUT2D eigenvalue weighted by atomic mass is 10.0. The molecule has 0 fully saturated rings. The van der Waals surface area contributed by atoms with E-state index in [-0.39, 0.29) is 11.8 Å². The number of thiocarbonyl (C=S) groups is 1. The maximum absolute atomic E-state index is 12.7. The van der Waals surface area contributed by atoms with Gasteiger partial charge < -0.3 is 20.5 Å². The van der Waals surface area contributed by atoms with Gasteiger partial charge in [0, 0.05) is 6.54 Å². The van der Waals surface area contributed by atoms with Crippen LogP contribution in [0.5, 0.6) is 11.5 Å². The largest absolute Gasteiger partial charge is 0.504 e. The second kappa shape index (κ2) is 8.94. The number of phenolic OH excluding ortho intramolecular Hbond substituents is 1. The van der Waals surface area contributed by atoms with Gasteiger partial charge in [-0.05, 0) is 54.0 Å². The highest BCUT2D eigenvalue weighted by molar-refractivity contribution is 7.80. The number of halogens is 3. The number of methoxy groups -OCH3 is 1. The number of aromatic hydroxyl groups is 1. The summed E-state index contributed by atoms with van der Waals surface area (Å²) < 4.78 is 43.1. The van der Waals surface area contributed by atoms with Crippen molar-refractivity contribution in [2.24, 2.45) is 0 Å². The fourth-order valence-corrected chi connectivity index (χ4v) is 2.76. The Morgan fingerprint density at radius 1 is 1.19 bits per heavy atom. The first-order chi connectivity index (χ1) is 12.7. The van der Waals surface area contributed by atoms with Gasteiger partial charge in [-0.1, -0.05) is 25.1 Å². The Kier molecular flexibility index (Phi) is 6.90. The summed E-state index contributed by atoms with van der Waals surface area (Å²) in [5, 5.41) is 16.1. The van der Waals surface area contributed by atoms with Crippen LogP contribution in [0.3, 0.4) is 0 Å². The topological polar surface area (TPSA) is 53.5 Å². The van der Waals surface area contributed by atoms with Crippen LogP contribution in [0.25, 0.3) is 0 Å². The van der Waals surface area contributed by atoms with Crippen LogP contribution in [-0.4, -0.2) is 17.3 Å². The summed E-state index contributed by atoms with van der Waals surface area (Å²) in [5.74, 6) is 0.416. The van der Waals surface area contributed by atoms with Crippen molar-refractivity contribution in [1.82, 2.24) is 10.6 Å². The van der Waals surface area contributed by atoms with Crippen molar-refractivity contribution in [3.63, 3.8) is 0 Å². The number of hydrogen-bond acceptors (Lipinski definition) is 3. The van der Waals surface area contributed by atoms with Gasteiger partial charge in [-0.2, -0.15) is 13.2 Å². The summed E-state index contributed by atoms with van der Waals surface area (Å²) >= 11 is 5.28. The normalized spacial score (nSPS) is 12.3. The molecular formula is C19H21F3N2O2S. The highest BCUT2D eigenvalue weighted by Gasteiger charge is 2.30. The van der Waals surface area contributed by atoms with Crippen LogP contribution in [0, 0.1) is 0 Å². The van der Waals surface area contributed by atoms with Crippen molar-refractivity contribution in [3.05, 3.63) is 59.2 Å². The summed E-state index contributed by atoms with van der Waals surface area (Å²) in [6, 6.07) is 9.80. The fraction of sp³-hybridized carbons (Fsp3) is 0.316. The molecule has 4 nitrogen and oxygen atoms in total. The number of ether oxygens (including phenoxy) is 1. The summed E-state index contributed by atoms with van der Waals surface area (Å²) in [7, 11) is 1.47. The molecule has 0 amide bonds. The Morgan fingerprint density at radius 3 is 2.41 bits per heavy atom. The van der Waals surface area contributed by atoms with Gasteiger partial charge in [0.25, 0.3) is 0 Å². The van der Waals surface area contributed by atoms with Crippen LogP contribution in [0.15, 0.2) is 42.5 Å². The number of alkyl halides is 3. The molecule has 0 aromatic heterocycles. The number of nitrogens with one attached hydrogen (secondary N) is 2. The minimum absolute atomic E-state index is 0.0512. The Balaban J connectivity index is 1.96. The molecule has 146 valence electrons. The van der Waals surface area contributed by atoms with Crippen LogP contribution in [0.4, 0.5) is 13.2 Å². The van der Waals surface area contributed by atoms with Gasteiger partial charge in [0.05, 0.1) is 18.7 Å². The van der Waals surface area contributed by atoms with E-state index in [0.29, 0.717) is 23.8 Å². The van der Waals surface area contributed by atoms with E-state index in [9.17, 15) is 18.3 Å². The Bertz CT molecular complexity index is 780. The molecule has 2 rings (SSSR count). The van der Waals surface area contributed by atoms with Gasteiger partial charge >= 0.3 is 6.18 Å². The fourth-order valence-electron chi connectivity index (χ4n) is 2.55. The van der Waals surface area contributed by atoms with Crippen LogP contribution in [-0.2, 0) is 12.7 Å². The second-order valence-corrected chi connectivity index (χ2v) is 6.32. The zero-order chi connectivity index (χ0) is 20.0. The Hall–Kier alpha value is -2.48. The molecule has 27 heavy (non-hydrogen) atoms. The molecule has 0 saturated heterocycles. The van der Waals surface area contributed by atoms with Gasteiger partial charge in [0.1, 0.15) is 0 Å². The van der Waals surface area contributed by atoms with Crippen LogP contribution >= 0.6 is 12.2 Å². The molecule has 0 spiro atoms. The average Bonchev–Trinajstić information content (AvgIpc) is 2.64. The van der Waals surface area contributed by atoms with E-state index in [0.717, 1.165) is 23.3 Å². The monoisotopic (exact) mass is 398 g/mol. The lowest BCUT2D eigenvalue weighted by molar-refractivity contribution is -0.137. The minimum atomic E-state index is -4.35. The van der Waals surface area contributed by atoms with Crippen molar-refractivity contribution in [2.75, 3.05) is 7.11 Å². The van der Waals surface area contributed by atoms with E-state index in [1.807, 2.05) is 6.92 Å². The predicted octanol–water partition coefficient (Wildman–Crippen LogP) is 4.54. The molecular weight excluding hydrogens is 377 g/mol. The van der Waals surface area contributed by atoms with E-state index in [1.165, 1.54) is 25.3 Å². The summed E-state index contributed by atoms with van der Waals surface area (Å²) in [4.78, 5) is 0. The summed E-state index contributed by atoms with van der Waals surface area (Å²) in [5.41, 5.74) is 0.903. The van der Waals surface area contributed by atoms with Crippen molar-refractivity contribution < 1.29 is 23.0 Å². The highest BCUT2D eigenvalue weighted by Crippen LogP contribution is 2.30. The van der Waals surface area contributed by atoms with E-state index in [4.69, 9.17) is 17.0 Å². The van der Waals surface area contributed by atoms with Crippen molar-refractivity contribution in [3.8, 4) is 11.5 Å². The Morgan fingerprint density at radius 2 is 1.85 bits per heavy atom. The van der Waals surface area contributed by atoms with Gasteiger partial charge in [-0.3, -0.25) is 0 Å². The molecule has 1 unspecified atom stereocenters. The summed E-state index contributed by atoms with van der Waals surface area (Å²) in [6.07, 6.45) is -3.70. The molecule has 8 heteroatoms. The molecule has 0 radical (unpaired) electrons. The van der Waals surface area contributed by atoms with Gasteiger partial charge in [0.15, 0.2) is 16.6 Å². The van der Waals surface area contributed by atoms with Crippen LogP contribution < -0.4 is 15.4 Å². The van der Waals surface area contributed by atoms with E-state index in [1.54, 1.807) is 12.1 Å². The predicted molar refractivity (Wildman–Crippen MR) is 102 cm³/mol. The molecule has 2 aromatic carbocycles. The quantitative estimate of drug-likeness (QED) is 0.624. The molecule has 0 aliphatic heterocycles. The van der Waals surface area contributed by atoms with Crippen LogP contribution in [0.1, 0.15) is 36.1 Å². The third-order valence-electron chi connectivity index (χ3n) is 4.05. The van der Waals surface area contributed by atoms with E-state index < -0.39 is 11.7 Å². The Labute approximate surface area is 161 Å². The lowest BCUT2D eigenvalue weighted by Gasteiger charge is -2.20. The van der Waals surface area contributed by atoms with Crippen molar-refractivity contribution in [2.45, 2.75) is 32.1 Å². The lowest BCUT2D eigenvalue weighted by Crippen LogP contribution is -2.37. The maximum atomic E-state index is 12.7.